The summed E-state index contributed by atoms with van der Waals surface area (Å²) in [6.45, 7) is 1.79. The predicted octanol–water partition coefficient (Wildman–Crippen LogP) is 3.57. The fourth-order valence-corrected chi connectivity index (χ4v) is 4.13. The standard InChI is InChI=1S/C17H16ClN3O2S/c1-13(20-24(22,23)17-5-3-2-4-16(17)18)14-6-8-15(9-7-14)21-11-10-19-12-21/h2-13,20H,1H3. The van der Waals surface area contributed by atoms with Crippen LogP contribution in [0, 0.1) is 0 Å². The summed E-state index contributed by atoms with van der Waals surface area (Å²) < 4.78 is 29.5. The van der Waals surface area contributed by atoms with Gasteiger partial charge < -0.3 is 4.57 Å². The van der Waals surface area contributed by atoms with E-state index >= 15 is 0 Å². The fraction of sp³-hybridized carbons (Fsp3) is 0.118. The minimum atomic E-state index is -3.69. The number of nitrogens with one attached hydrogen (secondary N) is 1. The molecule has 1 aromatic heterocycles. The van der Waals surface area contributed by atoms with E-state index in [-0.39, 0.29) is 16.0 Å². The summed E-state index contributed by atoms with van der Waals surface area (Å²) in [5, 5.41) is 0.202. The second-order valence-corrected chi connectivity index (χ2v) is 7.42. The Kier molecular flexibility index (Phi) is 4.71. The number of hydrogen-bond donors (Lipinski definition) is 1. The van der Waals surface area contributed by atoms with Crippen LogP contribution in [0.15, 0.2) is 72.1 Å². The molecule has 0 amide bonds. The molecule has 0 fully saturated rings. The molecule has 1 heterocycles. The largest absolute Gasteiger partial charge is 0.306 e. The summed E-state index contributed by atoms with van der Waals surface area (Å²) in [5.41, 5.74) is 1.81. The van der Waals surface area contributed by atoms with Gasteiger partial charge in [-0.25, -0.2) is 18.1 Å². The highest BCUT2D eigenvalue weighted by molar-refractivity contribution is 7.89. The smallest absolute Gasteiger partial charge is 0.242 e. The Labute approximate surface area is 146 Å². The van der Waals surface area contributed by atoms with Crippen LogP contribution in [0.1, 0.15) is 18.5 Å². The average molecular weight is 362 g/mol. The van der Waals surface area contributed by atoms with Gasteiger partial charge >= 0.3 is 0 Å². The molecule has 7 heteroatoms. The van der Waals surface area contributed by atoms with Crippen molar-refractivity contribution in [1.29, 1.82) is 0 Å². The zero-order chi connectivity index (χ0) is 17.2. The average Bonchev–Trinajstić information content (AvgIpc) is 3.09. The van der Waals surface area contributed by atoms with Gasteiger partial charge in [-0.15, -0.1) is 0 Å². The van der Waals surface area contributed by atoms with Crippen molar-refractivity contribution in [1.82, 2.24) is 14.3 Å². The quantitative estimate of drug-likeness (QED) is 0.755. The molecule has 0 spiro atoms. The van der Waals surface area contributed by atoms with Gasteiger partial charge in [0.2, 0.25) is 10.0 Å². The van der Waals surface area contributed by atoms with Crippen LogP contribution in [0.4, 0.5) is 0 Å². The zero-order valence-corrected chi connectivity index (χ0v) is 14.5. The lowest BCUT2D eigenvalue weighted by Crippen LogP contribution is -2.27. The Hall–Kier alpha value is -2.15. The Morgan fingerprint density at radius 2 is 1.83 bits per heavy atom. The highest BCUT2D eigenvalue weighted by atomic mass is 35.5. The van der Waals surface area contributed by atoms with Crippen molar-refractivity contribution in [2.24, 2.45) is 0 Å². The van der Waals surface area contributed by atoms with Crippen molar-refractivity contribution in [3.8, 4) is 5.69 Å². The maximum Gasteiger partial charge on any atom is 0.242 e. The first-order valence-corrected chi connectivity index (χ1v) is 9.18. The Morgan fingerprint density at radius 1 is 1.12 bits per heavy atom. The number of benzene rings is 2. The van der Waals surface area contributed by atoms with E-state index in [9.17, 15) is 8.42 Å². The van der Waals surface area contributed by atoms with Crippen LogP contribution in [0.2, 0.25) is 5.02 Å². The van der Waals surface area contributed by atoms with Gasteiger partial charge in [-0.3, -0.25) is 0 Å². The van der Waals surface area contributed by atoms with Gasteiger partial charge in [0, 0.05) is 24.1 Å². The highest BCUT2D eigenvalue weighted by Crippen LogP contribution is 2.23. The lowest BCUT2D eigenvalue weighted by molar-refractivity contribution is 0.567. The second-order valence-electron chi connectivity index (χ2n) is 5.33. The monoisotopic (exact) mass is 361 g/mol. The Balaban J connectivity index is 1.80. The molecule has 0 aliphatic heterocycles. The summed E-state index contributed by atoms with van der Waals surface area (Å²) in [5.74, 6) is 0. The Morgan fingerprint density at radius 3 is 2.46 bits per heavy atom. The number of aromatic nitrogens is 2. The van der Waals surface area contributed by atoms with E-state index in [1.807, 2.05) is 35.0 Å². The minimum Gasteiger partial charge on any atom is -0.306 e. The van der Waals surface area contributed by atoms with Crippen molar-refractivity contribution in [2.75, 3.05) is 0 Å². The topological polar surface area (TPSA) is 64.0 Å². The third kappa shape index (κ3) is 3.51. The molecular weight excluding hydrogens is 346 g/mol. The molecule has 0 saturated heterocycles. The van der Waals surface area contributed by atoms with Crippen LogP contribution in [0.3, 0.4) is 0 Å². The second kappa shape index (κ2) is 6.76. The van der Waals surface area contributed by atoms with E-state index in [1.165, 1.54) is 6.07 Å². The normalized spacial score (nSPS) is 12.9. The molecule has 24 heavy (non-hydrogen) atoms. The molecule has 0 bridgehead atoms. The van der Waals surface area contributed by atoms with Crippen LogP contribution < -0.4 is 4.72 Å². The number of hydrogen-bond acceptors (Lipinski definition) is 3. The van der Waals surface area contributed by atoms with Crippen molar-refractivity contribution in [3.05, 3.63) is 77.8 Å². The maximum atomic E-state index is 12.5. The molecule has 0 aliphatic rings. The lowest BCUT2D eigenvalue weighted by Gasteiger charge is -2.16. The van der Waals surface area contributed by atoms with Crippen molar-refractivity contribution < 1.29 is 8.42 Å². The van der Waals surface area contributed by atoms with Gasteiger partial charge in [-0.05, 0) is 36.8 Å². The number of nitrogens with zero attached hydrogens (tertiary/aromatic N) is 2. The maximum absolute atomic E-state index is 12.5. The van der Waals surface area contributed by atoms with Crippen LogP contribution in [-0.4, -0.2) is 18.0 Å². The van der Waals surface area contributed by atoms with Crippen LogP contribution >= 0.6 is 11.6 Å². The van der Waals surface area contributed by atoms with Gasteiger partial charge in [0.1, 0.15) is 4.90 Å². The first-order valence-electron chi connectivity index (χ1n) is 7.32. The fourth-order valence-electron chi connectivity index (χ4n) is 2.37. The summed E-state index contributed by atoms with van der Waals surface area (Å²) in [4.78, 5) is 4.08. The van der Waals surface area contributed by atoms with E-state index in [2.05, 4.69) is 9.71 Å². The van der Waals surface area contributed by atoms with Gasteiger partial charge in [-0.2, -0.15) is 0 Å². The van der Waals surface area contributed by atoms with Crippen LogP contribution in [-0.2, 0) is 10.0 Å². The summed E-state index contributed by atoms with van der Waals surface area (Å²) in [6, 6.07) is 13.6. The number of sulfonamides is 1. The van der Waals surface area contributed by atoms with Crippen molar-refractivity contribution in [2.45, 2.75) is 17.9 Å². The molecular formula is C17H16ClN3O2S. The molecule has 0 radical (unpaired) electrons. The Bertz CT molecular complexity index is 923. The summed E-state index contributed by atoms with van der Waals surface area (Å²) >= 11 is 5.99. The summed E-state index contributed by atoms with van der Waals surface area (Å²) in [6.07, 6.45) is 5.26. The predicted molar refractivity (Wildman–Crippen MR) is 93.8 cm³/mol. The zero-order valence-electron chi connectivity index (χ0n) is 12.9. The SMILES string of the molecule is CC(NS(=O)(=O)c1ccccc1Cl)c1ccc(-n2ccnc2)cc1. The molecule has 5 nitrogen and oxygen atoms in total. The van der Waals surface area contributed by atoms with Crippen molar-refractivity contribution >= 4 is 21.6 Å². The van der Waals surface area contributed by atoms with E-state index in [4.69, 9.17) is 11.6 Å². The lowest BCUT2D eigenvalue weighted by atomic mass is 10.1. The van der Waals surface area contributed by atoms with Crippen molar-refractivity contribution in [3.63, 3.8) is 0 Å². The molecule has 0 saturated carbocycles. The molecule has 3 aromatic rings. The molecule has 2 aromatic carbocycles. The molecule has 1 unspecified atom stereocenters. The first kappa shape index (κ1) is 16.7. The van der Waals surface area contributed by atoms with E-state index in [0.29, 0.717) is 0 Å². The first-order chi connectivity index (χ1) is 11.5. The molecule has 0 aliphatic carbocycles. The van der Waals surface area contributed by atoms with E-state index in [1.54, 1.807) is 37.6 Å². The van der Waals surface area contributed by atoms with Gasteiger partial charge in [0.15, 0.2) is 0 Å². The summed E-state index contributed by atoms with van der Waals surface area (Å²) in [7, 11) is -3.69. The van der Waals surface area contributed by atoms with E-state index in [0.717, 1.165) is 11.3 Å². The number of rotatable bonds is 5. The third-order valence-corrected chi connectivity index (χ3v) is 5.69. The van der Waals surface area contributed by atoms with E-state index < -0.39 is 10.0 Å². The third-order valence-electron chi connectivity index (χ3n) is 3.65. The van der Waals surface area contributed by atoms with Gasteiger partial charge in [0.25, 0.3) is 0 Å². The number of halogens is 1. The molecule has 1 N–H and O–H groups in total. The molecule has 124 valence electrons. The molecule has 3 rings (SSSR count). The van der Waals surface area contributed by atoms with Gasteiger partial charge in [-0.1, -0.05) is 35.9 Å². The highest BCUT2D eigenvalue weighted by Gasteiger charge is 2.20. The van der Waals surface area contributed by atoms with Crippen LogP contribution in [0.25, 0.3) is 5.69 Å². The number of imidazole rings is 1. The van der Waals surface area contributed by atoms with Gasteiger partial charge in [0.05, 0.1) is 11.3 Å². The molecule has 1 atom stereocenters. The van der Waals surface area contributed by atoms with Crippen LogP contribution in [0.5, 0.6) is 0 Å². The minimum absolute atomic E-state index is 0.0774.